The van der Waals surface area contributed by atoms with Crippen LogP contribution in [0.15, 0.2) is 36.9 Å². The molecule has 1 aromatic heterocycles. The molecule has 2 rings (SSSR count). The zero-order valence-corrected chi connectivity index (χ0v) is 12.2. The van der Waals surface area contributed by atoms with Crippen LogP contribution in [-0.2, 0) is 13.0 Å². The molecule has 0 aliphatic carbocycles. The van der Waals surface area contributed by atoms with Gasteiger partial charge in [-0.25, -0.2) is 4.98 Å². The number of aromatic nitrogens is 2. The van der Waals surface area contributed by atoms with Gasteiger partial charge in [0.15, 0.2) is 0 Å². The summed E-state index contributed by atoms with van der Waals surface area (Å²) in [5.74, 6) is 0. The molecule has 2 nitrogen and oxygen atoms in total. The molecule has 0 radical (unpaired) electrons. The lowest BCUT2D eigenvalue weighted by Crippen LogP contribution is -1.94. The Bertz CT molecular complexity index is 491. The third-order valence-corrected chi connectivity index (χ3v) is 3.73. The first-order valence-corrected chi connectivity index (χ1v) is 7.34. The summed E-state index contributed by atoms with van der Waals surface area (Å²) in [6.07, 6.45) is 11.8. The number of hydrogen-bond acceptors (Lipinski definition) is 1. The summed E-state index contributed by atoms with van der Waals surface area (Å²) in [5, 5.41) is 0.915. The van der Waals surface area contributed by atoms with Gasteiger partial charge in [0, 0.05) is 24.0 Å². The van der Waals surface area contributed by atoms with Crippen LogP contribution in [0.4, 0.5) is 0 Å². The molecule has 19 heavy (non-hydrogen) atoms. The Morgan fingerprint density at radius 2 is 2.00 bits per heavy atom. The first kappa shape index (κ1) is 14.1. The van der Waals surface area contributed by atoms with Gasteiger partial charge in [-0.15, -0.1) is 0 Å². The molecule has 0 N–H and O–H groups in total. The Hall–Kier alpha value is -1.28. The SMILES string of the molecule is Cc1ccc(CCCCCCn2ccnc2)c(Cl)c1. The average molecular weight is 277 g/mol. The van der Waals surface area contributed by atoms with E-state index in [0.29, 0.717) is 0 Å². The van der Waals surface area contributed by atoms with Gasteiger partial charge in [-0.3, -0.25) is 0 Å². The number of imidazole rings is 1. The Kier molecular flexibility index (Phi) is 5.46. The van der Waals surface area contributed by atoms with Gasteiger partial charge in [0.05, 0.1) is 6.33 Å². The standard InChI is InChI=1S/C16H21ClN2/c1-14-7-8-15(16(17)12-14)6-4-2-3-5-10-19-11-9-18-13-19/h7-9,11-13H,2-6,10H2,1H3. The van der Waals surface area contributed by atoms with Crippen LogP contribution >= 0.6 is 11.6 Å². The van der Waals surface area contributed by atoms with Crippen molar-refractivity contribution in [1.29, 1.82) is 0 Å². The maximum Gasteiger partial charge on any atom is 0.0945 e. The quantitative estimate of drug-likeness (QED) is 0.673. The first-order valence-electron chi connectivity index (χ1n) is 6.96. The molecule has 102 valence electrons. The van der Waals surface area contributed by atoms with E-state index < -0.39 is 0 Å². The molecule has 0 amide bonds. The zero-order chi connectivity index (χ0) is 13.5. The Morgan fingerprint density at radius 1 is 1.16 bits per heavy atom. The minimum Gasteiger partial charge on any atom is -0.337 e. The fraction of sp³-hybridized carbons (Fsp3) is 0.438. The van der Waals surface area contributed by atoms with Crippen LogP contribution in [0.1, 0.15) is 36.8 Å². The predicted molar refractivity (Wildman–Crippen MR) is 80.6 cm³/mol. The van der Waals surface area contributed by atoms with Crippen LogP contribution in [0.5, 0.6) is 0 Å². The van der Waals surface area contributed by atoms with Crippen LogP contribution < -0.4 is 0 Å². The molecule has 0 saturated heterocycles. The van der Waals surface area contributed by atoms with Crippen LogP contribution in [0.2, 0.25) is 5.02 Å². The summed E-state index contributed by atoms with van der Waals surface area (Å²) < 4.78 is 2.14. The lowest BCUT2D eigenvalue weighted by Gasteiger charge is -2.06. The van der Waals surface area contributed by atoms with Crippen molar-refractivity contribution in [3.63, 3.8) is 0 Å². The molecule has 0 atom stereocenters. The highest BCUT2D eigenvalue weighted by atomic mass is 35.5. The van der Waals surface area contributed by atoms with Crippen molar-refractivity contribution in [3.8, 4) is 0 Å². The van der Waals surface area contributed by atoms with E-state index in [1.54, 1.807) is 0 Å². The molecule has 2 aromatic rings. The molecule has 0 bridgehead atoms. The Balaban J connectivity index is 1.61. The van der Waals surface area contributed by atoms with Gasteiger partial charge in [-0.1, -0.05) is 36.6 Å². The second-order valence-corrected chi connectivity index (χ2v) is 5.47. The van der Waals surface area contributed by atoms with Crippen molar-refractivity contribution in [3.05, 3.63) is 53.1 Å². The van der Waals surface area contributed by atoms with Crippen LogP contribution in [0, 0.1) is 6.92 Å². The fourth-order valence-electron chi connectivity index (χ4n) is 2.24. The number of benzene rings is 1. The summed E-state index contributed by atoms with van der Waals surface area (Å²) in [4.78, 5) is 4.04. The monoisotopic (exact) mass is 276 g/mol. The van der Waals surface area contributed by atoms with Crippen molar-refractivity contribution in [2.24, 2.45) is 0 Å². The van der Waals surface area contributed by atoms with E-state index >= 15 is 0 Å². The van der Waals surface area contributed by atoms with Crippen molar-refractivity contribution < 1.29 is 0 Å². The summed E-state index contributed by atoms with van der Waals surface area (Å²) in [5.41, 5.74) is 2.51. The Labute approximate surface area is 120 Å². The van der Waals surface area contributed by atoms with Crippen molar-refractivity contribution in [2.45, 2.75) is 45.6 Å². The summed E-state index contributed by atoms with van der Waals surface area (Å²) >= 11 is 6.23. The van der Waals surface area contributed by atoms with E-state index in [9.17, 15) is 0 Å². The lowest BCUT2D eigenvalue weighted by atomic mass is 10.0. The number of hydrogen-bond donors (Lipinski definition) is 0. The van der Waals surface area contributed by atoms with E-state index in [-0.39, 0.29) is 0 Å². The molecule has 1 aromatic carbocycles. The molecule has 0 aliphatic rings. The van der Waals surface area contributed by atoms with Gasteiger partial charge >= 0.3 is 0 Å². The second kappa shape index (κ2) is 7.34. The first-order chi connectivity index (χ1) is 9.25. The van der Waals surface area contributed by atoms with Gasteiger partial charge in [0.1, 0.15) is 0 Å². The van der Waals surface area contributed by atoms with Crippen LogP contribution in [-0.4, -0.2) is 9.55 Å². The number of halogens is 1. The van der Waals surface area contributed by atoms with E-state index in [2.05, 4.69) is 34.7 Å². The third-order valence-electron chi connectivity index (χ3n) is 3.38. The lowest BCUT2D eigenvalue weighted by molar-refractivity contribution is 0.571. The predicted octanol–water partition coefficient (Wildman–Crippen LogP) is 4.65. The molecule has 1 heterocycles. The molecule has 3 heteroatoms. The van der Waals surface area contributed by atoms with E-state index in [1.807, 2.05) is 18.7 Å². The second-order valence-electron chi connectivity index (χ2n) is 5.06. The summed E-state index contributed by atoms with van der Waals surface area (Å²) in [6.45, 7) is 3.15. The zero-order valence-electron chi connectivity index (χ0n) is 11.5. The molecule has 0 fully saturated rings. The highest BCUT2D eigenvalue weighted by Gasteiger charge is 2.00. The number of unbranched alkanes of at least 4 members (excludes halogenated alkanes) is 3. The van der Waals surface area contributed by atoms with E-state index in [1.165, 1.54) is 36.8 Å². The molecule has 0 spiro atoms. The highest BCUT2D eigenvalue weighted by Crippen LogP contribution is 2.20. The van der Waals surface area contributed by atoms with Gasteiger partial charge in [-0.2, -0.15) is 0 Å². The molecular formula is C16H21ClN2. The number of rotatable bonds is 7. The fourth-order valence-corrected chi connectivity index (χ4v) is 2.57. The summed E-state index contributed by atoms with van der Waals surface area (Å²) in [6, 6.07) is 6.35. The average Bonchev–Trinajstić information content (AvgIpc) is 2.89. The highest BCUT2D eigenvalue weighted by molar-refractivity contribution is 6.31. The molecular weight excluding hydrogens is 256 g/mol. The van der Waals surface area contributed by atoms with E-state index in [0.717, 1.165) is 18.0 Å². The van der Waals surface area contributed by atoms with Crippen molar-refractivity contribution in [2.75, 3.05) is 0 Å². The van der Waals surface area contributed by atoms with Gasteiger partial charge in [0.2, 0.25) is 0 Å². The third kappa shape index (κ3) is 4.71. The minimum absolute atomic E-state index is 0.915. The minimum atomic E-state index is 0.915. The smallest absolute Gasteiger partial charge is 0.0945 e. The number of nitrogens with zero attached hydrogens (tertiary/aromatic N) is 2. The molecule has 0 aliphatic heterocycles. The molecule has 0 unspecified atom stereocenters. The van der Waals surface area contributed by atoms with Crippen LogP contribution in [0.3, 0.4) is 0 Å². The van der Waals surface area contributed by atoms with Crippen molar-refractivity contribution >= 4 is 11.6 Å². The van der Waals surface area contributed by atoms with Crippen molar-refractivity contribution in [1.82, 2.24) is 9.55 Å². The number of aryl methyl sites for hydroxylation is 3. The van der Waals surface area contributed by atoms with Gasteiger partial charge < -0.3 is 4.57 Å². The van der Waals surface area contributed by atoms with E-state index in [4.69, 9.17) is 11.6 Å². The van der Waals surface area contributed by atoms with Crippen LogP contribution in [0.25, 0.3) is 0 Å². The summed E-state index contributed by atoms with van der Waals surface area (Å²) in [7, 11) is 0. The Morgan fingerprint density at radius 3 is 2.74 bits per heavy atom. The van der Waals surface area contributed by atoms with Gasteiger partial charge in [-0.05, 0) is 43.4 Å². The normalized spacial score (nSPS) is 10.8. The maximum atomic E-state index is 6.23. The topological polar surface area (TPSA) is 17.8 Å². The van der Waals surface area contributed by atoms with Gasteiger partial charge in [0.25, 0.3) is 0 Å². The maximum absolute atomic E-state index is 6.23. The largest absolute Gasteiger partial charge is 0.337 e. The molecule has 0 saturated carbocycles.